The minimum Gasteiger partial charge on any atom is -0.218 e. The molecule has 0 fully saturated rings. The van der Waals surface area contributed by atoms with Gasteiger partial charge in [-0.1, -0.05) is 42.5 Å². The van der Waals surface area contributed by atoms with Crippen molar-refractivity contribution in [3.63, 3.8) is 0 Å². The fourth-order valence-corrected chi connectivity index (χ4v) is 1.21. The lowest BCUT2D eigenvalue weighted by Gasteiger charge is -2.09. The van der Waals surface area contributed by atoms with Crippen LogP contribution >= 0.6 is 0 Å². The first-order chi connectivity index (χ1) is 6.71. The molecule has 1 aromatic rings. The Hall–Kier alpha value is -0.990. The van der Waals surface area contributed by atoms with Gasteiger partial charge in [-0.3, -0.25) is 0 Å². The molecule has 0 bridgehead atoms. The van der Waals surface area contributed by atoms with E-state index >= 15 is 0 Å². The third-order valence-corrected chi connectivity index (χ3v) is 2.43. The second kappa shape index (κ2) is 8.20. The number of hydrogen-bond acceptors (Lipinski definition) is 3. The highest BCUT2D eigenvalue weighted by molar-refractivity contribution is 5.01. The summed E-state index contributed by atoms with van der Waals surface area (Å²) in [6, 6.07) is 0. The summed E-state index contributed by atoms with van der Waals surface area (Å²) in [6.45, 7) is 8.48. The highest BCUT2D eigenvalue weighted by Gasteiger charge is 2.09. The number of aryl methyl sites for hydroxylation is 2. The van der Waals surface area contributed by atoms with Crippen molar-refractivity contribution in [3.8, 4) is 0 Å². The molecule has 0 N–H and O–H groups in total. The molecule has 0 aliphatic heterocycles. The van der Waals surface area contributed by atoms with E-state index in [1.165, 1.54) is 0 Å². The van der Waals surface area contributed by atoms with Crippen LogP contribution in [0.25, 0.3) is 0 Å². The molecular weight excluding hydrogens is 198 g/mol. The van der Waals surface area contributed by atoms with Crippen LogP contribution in [0, 0.1) is 0 Å². The zero-order valence-electron chi connectivity index (χ0n) is 9.54. The van der Waals surface area contributed by atoms with Crippen molar-refractivity contribution < 1.29 is 0 Å². The Bertz CT molecular complexity index is 275. The quantitative estimate of drug-likeness (QED) is 0.782. The predicted molar refractivity (Wildman–Crippen MR) is 70.8 cm³/mol. The summed E-state index contributed by atoms with van der Waals surface area (Å²) in [4.78, 5) is 13.3. The van der Waals surface area contributed by atoms with E-state index in [0.717, 1.165) is 36.7 Å². The molecule has 3 nitrogen and oxygen atoms in total. The van der Waals surface area contributed by atoms with Gasteiger partial charge in [0, 0.05) is 18.8 Å². The molecule has 0 saturated heterocycles. The van der Waals surface area contributed by atoms with Gasteiger partial charge in [0.1, 0.15) is 17.5 Å². The van der Waals surface area contributed by atoms with Crippen LogP contribution in [0.4, 0.5) is 0 Å². The van der Waals surface area contributed by atoms with E-state index in [1.807, 2.05) is 0 Å². The lowest BCUT2D eigenvalue weighted by atomic mass is 10.1. The average Bonchev–Trinajstić information content (AvgIpc) is 2.27. The van der Waals surface area contributed by atoms with E-state index in [4.69, 9.17) is 0 Å². The van der Waals surface area contributed by atoms with Crippen molar-refractivity contribution in [3.05, 3.63) is 17.5 Å². The number of rotatable bonds is 4. The molecule has 0 aliphatic rings. The molecule has 0 amide bonds. The van der Waals surface area contributed by atoms with Gasteiger partial charge in [0.05, 0.1) is 0 Å². The smallest absolute Gasteiger partial charge is 0.135 e. The minimum atomic E-state index is 0. The summed E-state index contributed by atoms with van der Waals surface area (Å²) in [5.74, 6) is 3.24. The van der Waals surface area contributed by atoms with Gasteiger partial charge in [0.25, 0.3) is 0 Å². The first-order valence-electron chi connectivity index (χ1n) is 5.44. The first kappa shape index (κ1) is 17.4. The highest BCUT2D eigenvalue weighted by Crippen LogP contribution is 2.14. The molecule has 0 aliphatic carbocycles. The fourth-order valence-electron chi connectivity index (χ4n) is 1.21. The van der Waals surface area contributed by atoms with Gasteiger partial charge in [-0.05, 0) is 6.42 Å². The van der Waals surface area contributed by atoms with Crippen molar-refractivity contribution in [2.45, 2.75) is 67.7 Å². The molecule has 0 spiro atoms. The zero-order valence-corrected chi connectivity index (χ0v) is 9.54. The standard InChI is InChI=1S/C11H19N3.2CH4/c1-5-8(4)11-13-9(6-2)12-10(7-3)14-11;;/h8H,5-7H2,1-4H3;2*1H4. The van der Waals surface area contributed by atoms with E-state index in [2.05, 4.69) is 42.6 Å². The van der Waals surface area contributed by atoms with Crippen molar-refractivity contribution in [1.29, 1.82) is 0 Å². The summed E-state index contributed by atoms with van der Waals surface area (Å²) >= 11 is 0. The third-order valence-electron chi connectivity index (χ3n) is 2.43. The van der Waals surface area contributed by atoms with E-state index < -0.39 is 0 Å². The van der Waals surface area contributed by atoms with Gasteiger partial charge in [-0.2, -0.15) is 0 Å². The molecule has 1 rings (SSSR count). The summed E-state index contributed by atoms with van der Waals surface area (Å²) in [6.07, 6.45) is 2.86. The first-order valence-corrected chi connectivity index (χ1v) is 5.44. The van der Waals surface area contributed by atoms with Crippen LogP contribution in [0.15, 0.2) is 0 Å². The number of nitrogens with zero attached hydrogens (tertiary/aromatic N) is 3. The van der Waals surface area contributed by atoms with Crippen molar-refractivity contribution in [1.82, 2.24) is 15.0 Å². The van der Waals surface area contributed by atoms with Crippen molar-refractivity contribution in [2.24, 2.45) is 0 Å². The minimum absolute atomic E-state index is 0. The summed E-state index contributed by atoms with van der Waals surface area (Å²) in [7, 11) is 0. The topological polar surface area (TPSA) is 38.7 Å². The van der Waals surface area contributed by atoms with Crippen molar-refractivity contribution >= 4 is 0 Å². The van der Waals surface area contributed by atoms with E-state index in [0.29, 0.717) is 5.92 Å². The van der Waals surface area contributed by atoms with Crippen LogP contribution in [0.2, 0.25) is 0 Å². The molecule has 94 valence electrons. The molecule has 0 saturated carbocycles. The Labute approximate surface area is 101 Å². The second-order valence-corrected chi connectivity index (χ2v) is 3.54. The summed E-state index contributed by atoms with van der Waals surface area (Å²) < 4.78 is 0. The normalized spacial score (nSPS) is 11.2. The lowest BCUT2D eigenvalue weighted by molar-refractivity contribution is 0.646. The lowest BCUT2D eigenvalue weighted by Crippen LogP contribution is -2.08. The van der Waals surface area contributed by atoms with Crippen LogP contribution in [-0.2, 0) is 12.8 Å². The maximum atomic E-state index is 4.45. The number of hydrogen-bond donors (Lipinski definition) is 0. The fraction of sp³-hybridized carbons (Fsp3) is 0.769. The van der Waals surface area contributed by atoms with E-state index in [-0.39, 0.29) is 14.9 Å². The van der Waals surface area contributed by atoms with Crippen LogP contribution in [0.3, 0.4) is 0 Å². The van der Waals surface area contributed by atoms with Crippen LogP contribution in [0.1, 0.15) is 72.4 Å². The Balaban J connectivity index is 0. The van der Waals surface area contributed by atoms with Gasteiger partial charge < -0.3 is 0 Å². The van der Waals surface area contributed by atoms with E-state index in [1.54, 1.807) is 0 Å². The second-order valence-electron chi connectivity index (χ2n) is 3.54. The molecule has 1 atom stereocenters. The maximum absolute atomic E-state index is 4.45. The molecule has 3 heteroatoms. The van der Waals surface area contributed by atoms with Crippen LogP contribution in [0.5, 0.6) is 0 Å². The van der Waals surface area contributed by atoms with Gasteiger partial charge in [0.15, 0.2) is 0 Å². The van der Waals surface area contributed by atoms with Gasteiger partial charge >= 0.3 is 0 Å². The molecule has 16 heavy (non-hydrogen) atoms. The predicted octanol–water partition coefficient (Wildman–Crippen LogP) is 3.78. The number of aromatic nitrogens is 3. The zero-order chi connectivity index (χ0) is 10.6. The Morgan fingerprint density at radius 3 is 1.62 bits per heavy atom. The molecule has 0 radical (unpaired) electrons. The maximum Gasteiger partial charge on any atom is 0.135 e. The van der Waals surface area contributed by atoms with Gasteiger partial charge in [0.2, 0.25) is 0 Å². The van der Waals surface area contributed by atoms with Gasteiger partial charge in [-0.15, -0.1) is 0 Å². The Morgan fingerprint density at radius 1 is 0.875 bits per heavy atom. The van der Waals surface area contributed by atoms with Crippen LogP contribution < -0.4 is 0 Å². The van der Waals surface area contributed by atoms with E-state index in [9.17, 15) is 0 Å². The van der Waals surface area contributed by atoms with Crippen LogP contribution in [-0.4, -0.2) is 15.0 Å². The largest absolute Gasteiger partial charge is 0.218 e. The highest BCUT2D eigenvalue weighted by atomic mass is 15.0. The summed E-state index contributed by atoms with van der Waals surface area (Å²) in [5, 5.41) is 0. The van der Waals surface area contributed by atoms with Crippen molar-refractivity contribution in [2.75, 3.05) is 0 Å². The summed E-state index contributed by atoms with van der Waals surface area (Å²) in [5.41, 5.74) is 0. The molecular formula is C13H27N3. The third kappa shape index (κ3) is 4.25. The average molecular weight is 225 g/mol. The Morgan fingerprint density at radius 2 is 1.31 bits per heavy atom. The van der Waals surface area contributed by atoms with Gasteiger partial charge in [-0.25, -0.2) is 15.0 Å². The molecule has 1 heterocycles. The Kier molecular flexibility index (Phi) is 8.92. The molecule has 1 aromatic heterocycles. The molecule has 0 aromatic carbocycles. The molecule has 1 unspecified atom stereocenters. The SMILES string of the molecule is C.C.CCc1nc(CC)nc(C(C)CC)n1. The monoisotopic (exact) mass is 225 g/mol.